The Bertz CT molecular complexity index is 1150. The topological polar surface area (TPSA) is 88.6 Å². The molecule has 0 aliphatic carbocycles. The maximum atomic E-state index is 13.5. The zero-order valence-electron chi connectivity index (χ0n) is 24.3. The van der Waals surface area contributed by atoms with Crippen LogP contribution in [-0.2, 0) is 25.5 Å². The summed E-state index contributed by atoms with van der Waals surface area (Å²) in [7, 11) is 0. The minimum atomic E-state index is -0.494. The normalized spacial score (nSPS) is 16.7. The Morgan fingerprint density at radius 3 is 2.54 bits per heavy atom. The Morgan fingerprint density at radius 2 is 1.90 bits per heavy atom. The van der Waals surface area contributed by atoms with Crippen molar-refractivity contribution < 1.29 is 19.1 Å². The second-order valence-corrected chi connectivity index (χ2v) is 12.4. The summed E-state index contributed by atoms with van der Waals surface area (Å²) < 4.78 is 6.49. The van der Waals surface area contributed by atoms with Crippen molar-refractivity contribution in [3.63, 3.8) is 0 Å². The molecule has 1 aliphatic heterocycles. The fourth-order valence-corrected chi connectivity index (χ4v) is 6.01. The number of rotatable bonds is 15. The van der Waals surface area contributed by atoms with Crippen molar-refractivity contribution in [2.45, 2.75) is 78.7 Å². The number of benzene rings is 1. The van der Waals surface area contributed by atoms with E-state index in [4.69, 9.17) is 9.72 Å². The number of hydrogen-bond acceptors (Lipinski definition) is 7. The zero-order valence-corrected chi connectivity index (χ0v) is 25.1. The van der Waals surface area contributed by atoms with E-state index in [1.807, 2.05) is 6.07 Å². The van der Waals surface area contributed by atoms with Crippen LogP contribution in [-0.4, -0.2) is 66.2 Å². The van der Waals surface area contributed by atoms with E-state index in [1.165, 1.54) is 12.5 Å². The Kier molecular flexibility index (Phi) is 11.8. The van der Waals surface area contributed by atoms with Crippen LogP contribution in [0, 0.1) is 11.8 Å². The molecule has 2 heterocycles. The molecule has 1 saturated heterocycles. The molecule has 8 heteroatoms. The predicted octanol–water partition coefficient (Wildman–Crippen LogP) is 5.33. The molecule has 214 valence electrons. The third kappa shape index (κ3) is 9.33. The summed E-state index contributed by atoms with van der Waals surface area (Å²) in [5.41, 5.74) is 2.79. The van der Waals surface area contributed by atoms with Gasteiger partial charge in [-0.1, -0.05) is 46.8 Å². The van der Waals surface area contributed by atoms with Crippen LogP contribution in [0.1, 0.15) is 76.8 Å². The summed E-state index contributed by atoms with van der Waals surface area (Å²) in [6, 6.07) is 6.16. The predicted molar refractivity (Wildman–Crippen MR) is 158 cm³/mol. The van der Waals surface area contributed by atoms with Gasteiger partial charge in [0.15, 0.2) is 5.78 Å². The molecule has 1 aromatic carbocycles. The number of nitrogens with zero attached hydrogens (tertiary/aromatic N) is 2. The molecule has 2 aromatic rings. The third-order valence-corrected chi connectivity index (χ3v) is 8.74. The highest BCUT2D eigenvalue weighted by molar-refractivity contribution is 7.18. The molecule has 1 N–H and O–H groups in total. The fraction of sp³-hybridized carbons (Fsp3) is 0.613. The average molecular weight is 556 g/mol. The van der Waals surface area contributed by atoms with Crippen LogP contribution in [0.3, 0.4) is 0 Å². The van der Waals surface area contributed by atoms with Crippen molar-refractivity contribution in [1.29, 1.82) is 0 Å². The number of carbonyl (C=O) groups excluding carboxylic acids is 3. The molecule has 7 nitrogen and oxygen atoms in total. The van der Waals surface area contributed by atoms with Crippen molar-refractivity contribution in [2.75, 3.05) is 32.8 Å². The molecule has 1 fully saturated rings. The van der Waals surface area contributed by atoms with Gasteiger partial charge in [-0.25, -0.2) is 4.98 Å². The lowest BCUT2D eigenvalue weighted by Crippen LogP contribution is -2.43. The van der Waals surface area contributed by atoms with Gasteiger partial charge < -0.3 is 14.8 Å². The highest BCUT2D eigenvalue weighted by atomic mass is 32.1. The van der Waals surface area contributed by atoms with Crippen LogP contribution < -0.4 is 5.32 Å². The van der Waals surface area contributed by atoms with E-state index in [1.54, 1.807) is 11.3 Å². The van der Waals surface area contributed by atoms with Crippen LogP contribution in [0.25, 0.3) is 10.2 Å². The molecule has 1 aromatic heterocycles. The molecule has 1 aliphatic rings. The Labute approximate surface area is 237 Å². The number of thiazole rings is 1. The van der Waals surface area contributed by atoms with E-state index in [0.29, 0.717) is 50.5 Å². The first-order valence-electron chi connectivity index (χ1n) is 14.3. The van der Waals surface area contributed by atoms with Gasteiger partial charge in [-0.3, -0.25) is 14.5 Å². The first kappa shape index (κ1) is 31.1. The van der Waals surface area contributed by atoms with Gasteiger partial charge >= 0.3 is 0 Å². The van der Waals surface area contributed by atoms with E-state index in [-0.39, 0.29) is 35.9 Å². The summed E-state index contributed by atoms with van der Waals surface area (Å²) in [5, 5.41) is 4.07. The van der Waals surface area contributed by atoms with E-state index in [9.17, 15) is 14.4 Å². The average Bonchev–Trinajstić information content (AvgIpc) is 3.31. The van der Waals surface area contributed by atoms with Crippen LogP contribution >= 0.6 is 11.3 Å². The highest BCUT2D eigenvalue weighted by Crippen LogP contribution is 2.28. The van der Waals surface area contributed by atoms with Crippen molar-refractivity contribution in [1.82, 2.24) is 15.2 Å². The summed E-state index contributed by atoms with van der Waals surface area (Å²) in [6.45, 7) is 17.6. The number of fused-ring (bicyclic) bond motifs is 1. The van der Waals surface area contributed by atoms with Crippen LogP contribution in [0.4, 0.5) is 0 Å². The smallest absolute Gasteiger partial charge is 0.224 e. The molecule has 0 bridgehead atoms. The van der Waals surface area contributed by atoms with Gasteiger partial charge in [0.2, 0.25) is 5.91 Å². The third-order valence-electron chi connectivity index (χ3n) is 7.70. The number of Topliss-reactive ketones (excluding diaryl/α,β-unsaturated/α-hetero) is 2. The van der Waals surface area contributed by atoms with E-state index in [0.717, 1.165) is 34.7 Å². The van der Waals surface area contributed by atoms with Crippen molar-refractivity contribution in [2.24, 2.45) is 11.8 Å². The van der Waals surface area contributed by atoms with Gasteiger partial charge in [0.1, 0.15) is 5.78 Å². The maximum absolute atomic E-state index is 13.5. The van der Waals surface area contributed by atoms with Crippen molar-refractivity contribution in [3.05, 3.63) is 40.9 Å². The second kappa shape index (κ2) is 14.8. The lowest BCUT2D eigenvalue weighted by Gasteiger charge is -2.28. The number of nitrogens with one attached hydrogen (secondary N) is 1. The van der Waals surface area contributed by atoms with Gasteiger partial charge in [0.05, 0.1) is 34.4 Å². The monoisotopic (exact) mass is 555 g/mol. The van der Waals surface area contributed by atoms with Gasteiger partial charge in [-0.2, -0.15) is 0 Å². The van der Waals surface area contributed by atoms with Crippen LogP contribution in [0.15, 0.2) is 30.4 Å². The molecule has 0 radical (unpaired) electrons. The number of morpholine rings is 1. The maximum Gasteiger partial charge on any atom is 0.224 e. The number of amides is 1. The minimum Gasteiger partial charge on any atom is -0.379 e. The van der Waals surface area contributed by atoms with Crippen molar-refractivity contribution in [3.8, 4) is 0 Å². The summed E-state index contributed by atoms with van der Waals surface area (Å²) in [4.78, 5) is 45.4. The van der Waals surface area contributed by atoms with Gasteiger partial charge in [0.25, 0.3) is 0 Å². The van der Waals surface area contributed by atoms with E-state index >= 15 is 0 Å². The lowest BCUT2D eigenvalue weighted by molar-refractivity contribution is -0.129. The minimum absolute atomic E-state index is 0.0203. The Hall–Kier alpha value is -2.42. The first-order valence-corrected chi connectivity index (χ1v) is 15.1. The number of aromatic nitrogens is 1. The summed E-state index contributed by atoms with van der Waals surface area (Å²) in [5.74, 6) is 0.0113. The number of carbonyl (C=O) groups is 3. The first-order chi connectivity index (χ1) is 18.6. The molecule has 0 saturated carbocycles. The van der Waals surface area contributed by atoms with E-state index in [2.05, 4.69) is 56.6 Å². The molecule has 0 spiro atoms. The quantitative estimate of drug-likeness (QED) is 0.299. The molecule has 3 atom stereocenters. The van der Waals surface area contributed by atoms with Crippen LogP contribution in [0.2, 0.25) is 0 Å². The van der Waals surface area contributed by atoms with Crippen molar-refractivity contribution >= 4 is 39.0 Å². The van der Waals surface area contributed by atoms with Crippen LogP contribution in [0.5, 0.6) is 0 Å². The lowest BCUT2D eigenvalue weighted by atomic mass is 9.91. The molecule has 0 unspecified atom stereocenters. The zero-order chi connectivity index (χ0) is 28.5. The molecule has 39 heavy (non-hydrogen) atoms. The highest BCUT2D eigenvalue weighted by Gasteiger charge is 2.27. The molecule has 3 rings (SSSR count). The molecular formula is C31H45N3O4S. The summed E-state index contributed by atoms with van der Waals surface area (Å²) in [6.07, 6.45) is 2.35. The molecule has 1 amide bonds. The number of ketones is 2. The van der Waals surface area contributed by atoms with Gasteiger partial charge in [0, 0.05) is 50.5 Å². The second-order valence-electron chi connectivity index (χ2n) is 11.3. The Balaban J connectivity index is 1.65. The fourth-order valence-electron chi connectivity index (χ4n) is 4.92. The number of hydrogen-bond donors (Lipinski definition) is 1. The van der Waals surface area contributed by atoms with Gasteiger partial charge in [-0.15, -0.1) is 11.3 Å². The van der Waals surface area contributed by atoms with E-state index < -0.39 is 5.92 Å². The summed E-state index contributed by atoms with van der Waals surface area (Å²) >= 11 is 1.59. The molecular weight excluding hydrogens is 510 g/mol. The number of ether oxygens (including phenoxy) is 1. The van der Waals surface area contributed by atoms with Gasteiger partial charge in [-0.05, 0) is 42.9 Å². The standard InChI is InChI=1S/C31H45N3O4S/c1-7-21(4)26(10-11-28(36)22(5)19-34-12-14-38-15-13-34)33-31(37)25(16-23(6)35)18-30-32-27-9-8-24(20(2)3)17-29(27)39-30/h8-9,17,20-21,25-26H,5,7,10-16,18-19H2,1-4,6H3,(H,33,37)/t21-,25-,26+/m0/s1. The Morgan fingerprint density at radius 1 is 1.18 bits per heavy atom. The largest absolute Gasteiger partial charge is 0.379 e. The SMILES string of the molecule is C=C(CN1CCOCC1)C(=O)CC[C@@H](NC(=O)[C@@H](CC(C)=O)Cc1nc2ccc(C(C)C)cc2s1)[C@@H](C)CC.